The Morgan fingerprint density at radius 3 is 0.825 bits per heavy atom. The number of hydrogen-bond acceptors (Lipinski definition) is 31. The van der Waals surface area contributed by atoms with Crippen LogP contribution >= 0.6 is 0 Å². The fourth-order valence-corrected chi connectivity index (χ4v) is 10.6. The van der Waals surface area contributed by atoms with Gasteiger partial charge in [-0.25, -0.2) is 0 Å². The molecule has 0 fully saturated rings. The third-order valence-corrected chi connectivity index (χ3v) is 14.1. The molecule has 0 aliphatic heterocycles. The Labute approximate surface area is 433 Å². The number of aliphatic hydroxyl groups is 2. The van der Waals surface area contributed by atoms with E-state index in [9.17, 15) is 153 Å². The van der Waals surface area contributed by atoms with Crippen molar-refractivity contribution >= 4 is 54.3 Å². The molecule has 0 unspecified atom stereocenters. The van der Waals surface area contributed by atoms with Gasteiger partial charge in [-0.2, -0.15) is 0 Å². The van der Waals surface area contributed by atoms with E-state index in [1.807, 2.05) is 0 Å². The topological polar surface area (TPSA) is 620 Å². The van der Waals surface area contributed by atoms with Crippen molar-refractivity contribution in [3.8, 4) is 205 Å². The summed E-state index contributed by atoms with van der Waals surface area (Å²) in [4.78, 5) is 0. The van der Waals surface area contributed by atoms with Gasteiger partial charge in [-0.1, -0.05) is 0 Å². The summed E-state index contributed by atoms with van der Waals surface area (Å²) in [7, 11) is 0. The van der Waals surface area contributed by atoms with Gasteiger partial charge < -0.3 is 158 Å². The Morgan fingerprint density at radius 2 is 0.400 bits per heavy atom. The van der Waals surface area contributed by atoms with Gasteiger partial charge in [0.25, 0.3) is 0 Å². The summed E-state index contributed by atoms with van der Waals surface area (Å²) in [5, 5.41) is 329. The van der Waals surface area contributed by atoms with E-state index >= 15 is 0 Å². The Morgan fingerprint density at radius 1 is 0.163 bits per heavy atom. The standard InChI is InChI=1S/C49H30O31/c50-19-3-1(7-8-15-33(64)31(62)14-16(34(65)43(74)42(73)32(14)63)47(15)80-48(8)46(77)44(75)23(7)54)4-6(22(53)40(71)38(69)20(4)51)2(5(3)21(52)39(70)37(19)68)12-27(58)29(60)13(30(61)28(12)59)11-17-9(24(55)36(67)26(11)57)10-18(49(17,78)79)35(66)45(76)41(72)25(10)56/h50-79H. The van der Waals surface area contributed by atoms with Crippen molar-refractivity contribution in [1.29, 1.82) is 0 Å². The Hall–Kier alpha value is -12.1. The lowest BCUT2D eigenvalue weighted by Crippen LogP contribution is -2.24. The first-order chi connectivity index (χ1) is 37.2. The minimum Gasteiger partial charge on any atom is -0.504 e. The van der Waals surface area contributed by atoms with Crippen LogP contribution in [0.2, 0.25) is 0 Å². The van der Waals surface area contributed by atoms with Gasteiger partial charge in [-0.05, 0) is 0 Å². The molecule has 0 saturated heterocycles. The molecule has 31 nitrogen and oxygen atoms in total. The minimum absolute atomic E-state index is 1.06. The molecule has 31 heteroatoms. The molecule has 80 heavy (non-hydrogen) atoms. The Kier molecular flexibility index (Phi) is 9.42. The van der Waals surface area contributed by atoms with E-state index in [0.29, 0.717) is 0 Å². The van der Waals surface area contributed by atoms with Crippen molar-refractivity contribution < 1.29 is 158 Å². The highest BCUT2D eigenvalue weighted by Gasteiger charge is 2.53. The monoisotopic (exact) mass is 1110 g/mol. The first-order valence-corrected chi connectivity index (χ1v) is 21.6. The maximum absolute atomic E-state index is 12.1. The largest absolute Gasteiger partial charge is 0.504 e. The summed E-state index contributed by atoms with van der Waals surface area (Å²) in [6.45, 7) is 0. The van der Waals surface area contributed by atoms with Crippen LogP contribution in [0, 0.1) is 0 Å². The van der Waals surface area contributed by atoms with Crippen LogP contribution in [0.3, 0.4) is 0 Å². The van der Waals surface area contributed by atoms with Crippen molar-refractivity contribution in [2.45, 2.75) is 5.79 Å². The molecule has 0 atom stereocenters. The summed E-state index contributed by atoms with van der Waals surface area (Å²) in [6, 6.07) is 0. The molecular formula is C49H30O31. The molecule has 30 N–H and O–H groups in total. The zero-order valence-electron chi connectivity index (χ0n) is 38.3. The lowest BCUT2D eigenvalue weighted by Gasteiger charge is -2.26. The van der Waals surface area contributed by atoms with E-state index in [1.54, 1.807) is 0 Å². The molecule has 0 bridgehead atoms. The molecule has 0 spiro atoms. The molecule has 1 aromatic heterocycles. The van der Waals surface area contributed by atoms with Crippen LogP contribution in [0.15, 0.2) is 4.42 Å². The van der Waals surface area contributed by atoms with Crippen LogP contribution < -0.4 is 0 Å². The molecule has 9 aromatic carbocycles. The van der Waals surface area contributed by atoms with Gasteiger partial charge in [0.1, 0.15) is 0 Å². The van der Waals surface area contributed by atoms with Gasteiger partial charge in [-0.3, -0.25) is 0 Å². The number of phenols is 28. The summed E-state index contributed by atoms with van der Waals surface area (Å²) < 4.78 is 5.67. The highest BCUT2D eigenvalue weighted by molar-refractivity contribution is 6.35. The lowest BCUT2D eigenvalue weighted by molar-refractivity contribution is -0.129. The van der Waals surface area contributed by atoms with Crippen LogP contribution in [0.1, 0.15) is 11.1 Å². The summed E-state index contributed by atoms with van der Waals surface area (Å²) >= 11 is 0. The number of phenolic OH excluding ortho intramolecular Hbond substituents is 28. The van der Waals surface area contributed by atoms with Crippen LogP contribution in [0.25, 0.3) is 98.8 Å². The third-order valence-electron chi connectivity index (χ3n) is 14.1. The van der Waals surface area contributed by atoms with Gasteiger partial charge in [0.15, 0.2) is 109 Å². The molecule has 0 amide bonds. The van der Waals surface area contributed by atoms with E-state index in [0.717, 1.165) is 0 Å². The zero-order chi connectivity index (χ0) is 58.9. The second-order valence-corrected chi connectivity index (χ2v) is 17.9. The summed E-state index contributed by atoms with van der Waals surface area (Å²) in [5.41, 5.74) is -17.2. The van der Waals surface area contributed by atoms with E-state index in [1.165, 1.54) is 0 Å². The van der Waals surface area contributed by atoms with Crippen molar-refractivity contribution in [3.05, 3.63) is 11.1 Å². The molecule has 1 aliphatic carbocycles. The average molecular weight is 1110 g/mol. The fraction of sp³-hybridized carbons (Fsp3) is 0.0204. The third kappa shape index (κ3) is 5.34. The number of hydrogen-bond donors (Lipinski definition) is 30. The van der Waals surface area contributed by atoms with E-state index in [2.05, 4.69) is 0 Å². The normalized spacial score (nSPS) is 12.9. The second-order valence-electron chi connectivity index (χ2n) is 17.9. The molecule has 10 aromatic rings. The molecule has 0 saturated carbocycles. The number of furan rings is 1. The van der Waals surface area contributed by atoms with Crippen LogP contribution in [-0.2, 0) is 5.79 Å². The van der Waals surface area contributed by atoms with Crippen molar-refractivity contribution in [2.24, 2.45) is 0 Å². The first kappa shape index (κ1) is 50.1. The smallest absolute Gasteiger partial charge is 0.223 e. The van der Waals surface area contributed by atoms with Gasteiger partial charge in [0.05, 0.1) is 32.8 Å². The predicted octanol–water partition coefficient (Wildman–Crippen LogP) is 3.97. The van der Waals surface area contributed by atoms with E-state index < -0.39 is 277 Å². The molecular weight excluding hydrogens is 1080 g/mol. The number of rotatable bonds is 3. The Bertz CT molecular complexity index is 4590. The molecule has 1 heterocycles. The van der Waals surface area contributed by atoms with Gasteiger partial charge in [0.2, 0.25) is 69.0 Å². The van der Waals surface area contributed by atoms with Gasteiger partial charge >= 0.3 is 0 Å². The van der Waals surface area contributed by atoms with Gasteiger partial charge in [-0.15, -0.1) is 0 Å². The van der Waals surface area contributed by atoms with Crippen molar-refractivity contribution in [1.82, 2.24) is 0 Å². The summed E-state index contributed by atoms with van der Waals surface area (Å²) in [6.07, 6.45) is 0. The Balaban J connectivity index is 1.37. The van der Waals surface area contributed by atoms with E-state index in [-0.39, 0.29) is 0 Å². The molecule has 0 radical (unpaired) electrons. The molecule has 11 rings (SSSR count). The van der Waals surface area contributed by atoms with Crippen LogP contribution in [0.5, 0.6) is 161 Å². The highest BCUT2D eigenvalue weighted by Crippen LogP contribution is 2.72. The first-order valence-electron chi connectivity index (χ1n) is 21.6. The molecule has 412 valence electrons. The lowest BCUT2D eigenvalue weighted by atomic mass is 9.81. The maximum atomic E-state index is 12.1. The number of benzene rings is 9. The second kappa shape index (κ2) is 15.0. The van der Waals surface area contributed by atoms with Crippen molar-refractivity contribution in [3.63, 3.8) is 0 Å². The number of fused-ring (bicyclic) bond motifs is 10. The van der Waals surface area contributed by atoms with Gasteiger partial charge in [0, 0.05) is 65.9 Å². The summed E-state index contributed by atoms with van der Waals surface area (Å²) in [5.74, 6) is -52.6. The van der Waals surface area contributed by atoms with Crippen LogP contribution in [0.4, 0.5) is 0 Å². The quantitative estimate of drug-likeness (QED) is 0.0515. The average Bonchev–Trinajstić information content (AvgIpc) is 3.93. The SMILES string of the molecule is Oc1c(O)c(O)c2c(c1O)-c1c(O)c(O)c(O)c(-c3c(O)c(O)c(-c4c5c(O)c(O)c(O)c(O)c5c(-c5c(O)c(O)c(O)c6oc7c8c(O)c(O)c(O)c(O)c8c(O)c(O)c7c56)c5c(O)c(O)c(O)c(O)c45)c(O)c3O)c1C2(O)O. The number of aromatic hydroxyl groups is 28. The minimum atomic E-state index is -4.04. The van der Waals surface area contributed by atoms with E-state index in [4.69, 9.17) is 4.42 Å². The highest BCUT2D eigenvalue weighted by atomic mass is 16.5. The molecule has 1 aliphatic rings. The van der Waals surface area contributed by atoms with Crippen LogP contribution in [-0.4, -0.2) is 153 Å². The maximum Gasteiger partial charge on any atom is 0.223 e. The fourth-order valence-electron chi connectivity index (χ4n) is 10.6. The predicted molar refractivity (Wildman–Crippen MR) is 260 cm³/mol. The zero-order valence-corrected chi connectivity index (χ0v) is 38.3. The van der Waals surface area contributed by atoms with Crippen molar-refractivity contribution in [2.75, 3.05) is 0 Å².